The molecule has 19 heavy (non-hydrogen) atoms. The van der Waals surface area contributed by atoms with Crippen LogP contribution in [0.3, 0.4) is 0 Å². The van der Waals surface area contributed by atoms with E-state index in [-0.39, 0.29) is 5.54 Å². The Morgan fingerprint density at radius 2 is 2.00 bits per heavy atom. The Bertz CT molecular complexity index is 301. The van der Waals surface area contributed by atoms with Gasteiger partial charge in [0, 0.05) is 24.7 Å². The SMILES string of the molecule is CNC1CCC(C)(C)CC1CN1CCOCC1(C)C. The molecule has 0 aromatic rings. The predicted octanol–water partition coefficient (Wildman–Crippen LogP) is 2.51. The minimum atomic E-state index is 0.193. The molecule has 2 atom stereocenters. The summed E-state index contributed by atoms with van der Waals surface area (Å²) in [6.45, 7) is 13.5. The van der Waals surface area contributed by atoms with Crippen LogP contribution in [0.5, 0.6) is 0 Å². The van der Waals surface area contributed by atoms with Crippen molar-refractivity contribution in [3.63, 3.8) is 0 Å². The van der Waals surface area contributed by atoms with E-state index in [1.165, 1.54) is 25.8 Å². The molecule has 0 spiro atoms. The Morgan fingerprint density at radius 1 is 1.26 bits per heavy atom. The lowest BCUT2D eigenvalue weighted by atomic mass is 9.69. The van der Waals surface area contributed by atoms with Crippen LogP contribution in [0.25, 0.3) is 0 Å². The van der Waals surface area contributed by atoms with E-state index in [2.05, 4.69) is 45.0 Å². The molecule has 2 aliphatic rings. The second-order valence-corrected chi connectivity index (χ2v) is 7.87. The fraction of sp³-hybridized carbons (Fsp3) is 1.00. The van der Waals surface area contributed by atoms with Crippen LogP contribution in [0.1, 0.15) is 47.0 Å². The number of nitrogens with zero attached hydrogens (tertiary/aromatic N) is 1. The molecular formula is C16H32N2O. The largest absolute Gasteiger partial charge is 0.378 e. The molecule has 0 bridgehead atoms. The highest BCUT2D eigenvalue weighted by molar-refractivity contribution is 4.93. The molecule has 2 rings (SSSR count). The smallest absolute Gasteiger partial charge is 0.0645 e. The fourth-order valence-electron chi connectivity index (χ4n) is 3.82. The Kier molecular flexibility index (Phi) is 4.59. The fourth-order valence-corrected chi connectivity index (χ4v) is 3.82. The maximum absolute atomic E-state index is 5.64. The Hall–Kier alpha value is -0.120. The van der Waals surface area contributed by atoms with E-state index in [1.54, 1.807) is 0 Å². The van der Waals surface area contributed by atoms with E-state index < -0.39 is 0 Å². The van der Waals surface area contributed by atoms with Gasteiger partial charge >= 0.3 is 0 Å². The van der Waals surface area contributed by atoms with Crippen LogP contribution >= 0.6 is 0 Å². The zero-order chi connectivity index (χ0) is 14.1. The Labute approximate surface area is 119 Å². The summed E-state index contributed by atoms with van der Waals surface area (Å²) >= 11 is 0. The lowest BCUT2D eigenvalue weighted by molar-refractivity contribution is -0.0644. The summed E-state index contributed by atoms with van der Waals surface area (Å²) in [7, 11) is 2.13. The third-order valence-electron chi connectivity index (χ3n) is 5.16. The summed E-state index contributed by atoms with van der Waals surface area (Å²) in [6, 6.07) is 0.687. The van der Waals surface area contributed by atoms with Crippen LogP contribution in [0.4, 0.5) is 0 Å². The molecule has 0 amide bonds. The molecular weight excluding hydrogens is 236 g/mol. The molecule has 1 saturated heterocycles. The molecule has 3 nitrogen and oxygen atoms in total. The first-order chi connectivity index (χ1) is 8.84. The van der Waals surface area contributed by atoms with E-state index in [0.717, 1.165) is 25.7 Å². The number of morpholine rings is 1. The van der Waals surface area contributed by atoms with Crippen LogP contribution in [0.15, 0.2) is 0 Å². The topological polar surface area (TPSA) is 24.5 Å². The number of hydrogen-bond acceptors (Lipinski definition) is 3. The molecule has 0 aromatic heterocycles. The van der Waals surface area contributed by atoms with Gasteiger partial charge in [-0.25, -0.2) is 0 Å². The first kappa shape index (κ1) is 15.3. The molecule has 0 aromatic carbocycles. The van der Waals surface area contributed by atoms with Gasteiger partial charge in [-0.1, -0.05) is 13.8 Å². The van der Waals surface area contributed by atoms with Gasteiger partial charge in [-0.3, -0.25) is 4.90 Å². The second-order valence-electron chi connectivity index (χ2n) is 7.87. The molecule has 2 unspecified atom stereocenters. The van der Waals surface area contributed by atoms with E-state index in [4.69, 9.17) is 4.74 Å². The number of ether oxygens (including phenoxy) is 1. The lowest BCUT2D eigenvalue weighted by Crippen LogP contribution is -2.57. The Morgan fingerprint density at radius 3 is 2.63 bits per heavy atom. The zero-order valence-corrected chi connectivity index (χ0v) is 13.5. The van der Waals surface area contributed by atoms with Crippen molar-refractivity contribution in [1.29, 1.82) is 0 Å². The van der Waals surface area contributed by atoms with Crippen molar-refractivity contribution in [2.24, 2.45) is 11.3 Å². The van der Waals surface area contributed by atoms with Gasteiger partial charge in [-0.2, -0.15) is 0 Å². The first-order valence-corrected chi connectivity index (χ1v) is 7.84. The first-order valence-electron chi connectivity index (χ1n) is 7.84. The predicted molar refractivity (Wildman–Crippen MR) is 80.4 cm³/mol. The van der Waals surface area contributed by atoms with Crippen LogP contribution in [0.2, 0.25) is 0 Å². The highest BCUT2D eigenvalue weighted by Gasteiger charge is 2.38. The maximum Gasteiger partial charge on any atom is 0.0645 e. The van der Waals surface area contributed by atoms with E-state index in [0.29, 0.717) is 11.5 Å². The minimum Gasteiger partial charge on any atom is -0.378 e. The second kappa shape index (κ2) is 5.71. The van der Waals surface area contributed by atoms with E-state index >= 15 is 0 Å². The van der Waals surface area contributed by atoms with Gasteiger partial charge in [0.05, 0.1) is 13.2 Å². The van der Waals surface area contributed by atoms with Crippen molar-refractivity contribution in [3.05, 3.63) is 0 Å². The molecule has 0 radical (unpaired) electrons. The van der Waals surface area contributed by atoms with E-state index in [9.17, 15) is 0 Å². The van der Waals surface area contributed by atoms with Gasteiger partial charge in [-0.05, 0) is 51.5 Å². The van der Waals surface area contributed by atoms with Gasteiger partial charge in [0.25, 0.3) is 0 Å². The molecule has 112 valence electrons. The van der Waals surface area contributed by atoms with Crippen molar-refractivity contribution >= 4 is 0 Å². The van der Waals surface area contributed by atoms with Gasteiger partial charge < -0.3 is 10.1 Å². The summed E-state index contributed by atoms with van der Waals surface area (Å²) in [5, 5.41) is 3.55. The van der Waals surface area contributed by atoms with Gasteiger partial charge in [0.15, 0.2) is 0 Å². The highest BCUT2D eigenvalue weighted by atomic mass is 16.5. The maximum atomic E-state index is 5.64. The van der Waals surface area contributed by atoms with Crippen molar-refractivity contribution in [3.8, 4) is 0 Å². The standard InChI is InChI=1S/C16H32N2O/c1-15(2)7-6-14(17-5)13(10-15)11-18-8-9-19-12-16(18,3)4/h13-14,17H,6-12H2,1-5H3. The molecule has 1 N–H and O–H groups in total. The van der Waals surface area contributed by atoms with Crippen molar-refractivity contribution < 1.29 is 4.74 Å². The third kappa shape index (κ3) is 3.71. The third-order valence-corrected chi connectivity index (χ3v) is 5.16. The van der Waals surface area contributed by atoms with Crippen LogP contribution in [-0.4, -0.2) is 49.8 Å². The summed E-state index contributed by atoms with van der Waals surface area (Å²) in [4.78, 5) is 2.65. The van der Waals surface area contributed by atoms with Gasteiger partial charge in [0.1, 0.15) is 0 Å². The number of nitrogens with one attached hydrogen (secondary N) is 1. The van der Waals surface area contributed by atoms with Crippen molar-refractivity contribution in [2.75, 3.05) is 33.4 Å². The normalized spacial score (nSPS) is 35.2. The Balaban J connectivity index is 2.02. The molecule has 2 fully saturated rings. The summed E-state index contributed by atoms with van der Waals surface area (Å²) in [6.07, 6.45) is 4.01. The van der Waals surface area contributed by atoms with Crippen LogP contribution in [0, 0.1) is 11.3 Å². The average Bonchev–Trinajstić information content (AvgIpc) is 2.31. The molecule has 3 heteroatoms. The number of hydrogen-bond donors (Lipinski definition) is 1. The van der Waals surface area contributed by atoms with Crippen LogP contribution < -0.4 is 5.32 Å². The summed E-state index contributed by atoms with van der Waals surface area (Å²) < 4.78 is 5.64. The molecule has 1 aliphatic heterocycles. The van der Waals surface area contributed by atoms with Crippen molar-refractivity contribution in [2.45, 2.75) is 58.5 Å². The quantitative estimate of drug-likeness (QED) is 0.851. The van der Waals surface area contributed by atoms with Gasteiger partial charge in [0.2, 0.25) is 0 Å². The van der Waals surface area contributed by atoms with E-state index in [1.807, 2.05) is 0 Å². The average molecular weight is 268 g/mol. The number of rotatable bonds is 3. The molecule has 1 aliphatic carbocycles. The highest BCUT2D eigenvalue weighted by Crippen LogP contribution is 2.39. The molecule has 1 saturated carbocycles. The van der Waals surface area contributed by atoms with Crippen molar-refractivity contribution in [1.82, 2.24) is 10.2 Å². The summed E-state index contributed by atoms with van der Waals surface area (Å²) in [5.41, 5.74) is 0.701. The zero-order valence-electron chi connectivity index (χ0n) is 13.5. The lowest BCUT2D eigenvalue weighted by Gasteiger charge is -2.48. The minimum absolute atomic E-state index is 0.193. The summed E-state index contributed by atoms with van der Waals surface area (Å²) in [5.74, 6) is 0.770. The van der Waals surface area contributed by atoms with Gasteiger partial charge in [-0.15, -0.1) is 0 Å². The van der Waals surface area contributed by atoms with Crippen LogP contribution in [-0.2, 0) is 4.74 Å². The molecule has 1 heterocycles. The monoisotopic (exact) mass is 268 g/mol.